The van der Waals surface area contributed by atoms with Crippen molar-refractivity contribution >= 4 is 17.2 Å². The predicted octanol–water partition coefficient (Wildman–Crippen LogP) is 3.58. The highest BCUT2D eigenvalue weighted by Crippen LogP contribution is 2.28. The van der Waals surface area contributed by atoms with E-state index in [0.29, 0.717) is 6.42 Å². The number of carbonyl (C=O) groups excluding carboxylic acids is 1. The van der Waals surface area contributed by atoms with Gasteiger partial charge in [0.2, 0.25) is 5.91 Å². The fourth-order valence-electron chi connectivity index (χ4n) is 3.43. The second-order valence-corrected chi connectivity index (χ2v) is 7.82. The minimum Gasteiger partial charge on any atom is -0.340 e. The molecule has 3 heterocycles. The van der Waals surface area contributed by atoms with Gasteiger partial charge in [-0.2, -0.15) is 0 Å². The number of nitrogens with zero attached hydrogens (tertiary/aromatic N) is 4. The number of carbonyl (C=O) groups is 1. The molecular weight excluding hydrogens is 368 g/mol. The number of pyridine rings is 1. The van der Waals surface area contributed by atoms with Crippen molar-refractivity contribution in [2.24, 2.45) is 0 Å². The van der Waals surface area contributed by atoms with Crippen molar-refractivity contribution in [2.45, 2.75) is 13.3 Å². The largest absolute Gasteiger partial charge is 0.340 e. The molecule has 0 bridgehead atoms. The van der Waals surface area contributed by atoms with Crippen LogP contribution in [0.4, 0.5) is 0 Å². The van der Waals surface area contributed by atoms with E-state index in [9.17, 15) is 4.79 Å². The predicted molar refractivity (Wildman–Crippen MR) is 113 cm³/mol. The molecule has 1 saturated heterocycles. The number of aromatic nitrogens is 2. The van der Waals surface area contributed by atoms with Crippen LogP contribution in [0.1, 0.15) is 12.5 Å². The Labute approximate surface area is 169 Å². The molecule has 28 heavy (non-hydrogen) atoms. The molecule has 0 N–H and O–H groups in total. The summed E-state index contributed by atoms with van der Waals surface area (Å²) in [6.45, 7) is 6.85. The molecule has 1 amide bonds. The quantitative estimate of drug-likeness (QED) is 0.666. The van der Waals surface area contributed by atoms with Crippen molar-refractivity contribution < 1.29 is 4.79 Å². The molecule has 5 nitrogen and oxygen atoms in total. The van der Waals surface area contributed by atoms with Crippen molar-refractivity contribution in [1.29, 1.82) is 0 Å². The summed E-state index contributed by atoms with van der Waals surface area (Å²) in [5.41, 5.74) is 4.17. The summed E-state index contributed by atoms with van der Waals surface area (Å²) in [6, 6.07) is 12.1. The molecule has 0 saturated carbocycles. The van der Waals surface area contributed by atoms with E-state index in [1.807, 2.05) is 29.2 Å². The fraction of sp³-hybridized carbons (Fsp3) is 0.318. The Morgan fingerprint density at radius 2 is 1.71 bits per heavy atom. The van der Waals surface area contributed by atoms with Crippen molar-refractivity contribution in [1.82, 2.24) is 19.8 Å². The first-order chi connectivity index (χ1) is 13.7. The van der Waals surface area contributed by atoms with E-state index >= 15 is 0 Å². The molecule has 0 spiro atoms. The number of benzene rings is 1. The van der Waals surface area contributed by atoms with Gasteiger partial charge in [-0.3, -0.25) is 9.78 Å². The van der Waals surface area contributed by atoms with Gasteiger partial charge in [0.25, 0.3) is 0 Å². The Bertz CT molecular complexity index is 915. The number of hydrogen-bond acceptors (Lipinski definition) is 5. The zero-order valence-corrected chi connectivity index (χ0v) is 16.9. The summed E-state index contributed by atoms with van der Waals surface area (Å²) < 4.78 is 0. The van der Waals surface area contributed by atoms with E-state index in [1.165, 1.54) is 0 Å². The van der Waals surface area contributed by atoms with Crippen molar-refractivity contribution in [3.05, 3.63) is 59.7 Å². The lowest BCUT2D eigenvalue weighted by molar-refractivity contribution is -0.132. The molecule has 1 aliphatic heterocycles. The molecule has 0 unspecified atom stereocenters. The van der Waals surface area contributed by atoms with E-state index in [-0.39, 0.29) is 5.91 Å². The Kier molecular flexibility index (Phi) is 5.78. The molecule has 1 aliphatic rings. The highest BCUT2D eigenvalue weighted by atomic mass is 32.1. The number of rotatable bonds is 5. The number of piperazine rings is 1. The van der Waals surface area contributed by atoms with Gasteiger partial charge < -0.3 is 9.80 Å². The maximum atomic E-state index is 12.6. The first-order valence-corrected chi connectivity index (χ1v) is 10.6. The van der Waals surface area contributed by atoms with Gasteiger partial charge in [-0.25, -0.2) is 4.98 Å². The summed E-state index contributed by atoms with van der Waals surface area (Å²) in [7, 11) is 0. The third-order valence-corrected chi connectivity index (χ3v) is 6.10. The van der Waals surface area contributed by atoms with E-state index in [1.54, 1.807) is 23.7 Å². The zero-order chi connectivity index (χ0) is 19.3. The lowest BCUT2D eigenvalue weighted by Gasteiger charge is -2.34. The first kappa shape index (κ1) is 18.8. The highest BCUT2D eigenvalue weighted by Gasteiger charge is 2.20. The third kappa shape index (κ3) is 4.29. The van der Waals surface area contributed by atoms with Crippen LogP contribution in [-0.4, -0.2) is 58.4 Å². The summed E-state index contributed by atoms with van der Waals surface area (Å²) in [4.78, 5) is 25.7. The molecule has 144 valence electrons. The van der Waals surface area contributed by atoms with E-state index < -0.39 is 0 Å². The van der Waals surface area contributed by atoms with E-state index in [0.717, 1.165) is 60.1 Å². The van der Waals surface area contributed by atoms with Crippen LogP contribution >= 0.6 is 11.3 Å². The Morgan fingerprint density at radius 3 is 2.39 bits per heavy atom. The molecule has 1 aromatic carbocycles. The Morgan fingerprint density at radius 1 is 1.00 bits per heavy atom. The number of hydrogen-bond donors (Lipinski definition) is 0. The molecule has 2 aromatic heterocycles. The SMILES string of the molecule is CCN1CCN(C(=O)Cc2ccc(-c3csc(-c4ccncc4)n3)cc2)CC1. The standard InChI is InChI=1S/C22H24N4OS/c1-2-25-11-13-26(14-12-25)21(27)15-17-3-5-18(6-4-17)20-16-28-22(24-20)19-7-9-23-10-8-19/h3-10,16H,2,11-15H2,1H3. The van der Waals surface area contributed by atoms with Gasteiger partial charge in [0.1, 0.15) is 5.01 Å². The maximum absolute atomic E-state index is 12.6. The number of amides is 1. The van der Waals surface area contributed by atoms with Crippen LogP contribution in [0.5, 0.6) is 0 Å². The van der Waals surface area contributed by atoms with Gasteiger partial charge in [-0.1, -0.05) is 31.2 Å². The second-order valence-electron chi connectivity index (χ2n) is 6.96. The number of likely N-dealkylation sites (N-methyl/N-ethyl adjacent to an activating group) is 1. The van der Waals surface area contributed by atoms with Crippen LogP contribution in [-0.2, 0) is 11.2 Å². The summed E-state index contributed by atoms with van der Waals surface area (Å²) in [5.74, 6) is 0.220. The van der Waals surface area contributed by atoms with Crippen LogP contribution in [0.3, 0.4) is 0 Å². The van der Waals surface area contributed by atoms with Gasteiger partial charge in [-0.05, 0) is 24.2 Å². The van der Waals surface area contributed by atoms with E-state index in [4.69, 9.17) is 4.98 Å². The molecule has 0 radical (unpaired) electrons. The van der Waals surface area contributed by atoms with Crippen LogP contribution in [0.2, 0.25) is 0 Å². The third-order valence-electron chi connectivity index (χ3n) is 5.21. The minimum atomic E-state index is 0.220. The normalized spacial score (nSPS) is 15.0. The van der Waals surface area contributed by atoms with Crippen LogP contribution in [0.15, 0.2) is 54.2 Å². The van der Waals surface area contributed by atoms with Crippen LogP contribution in [0, 0.1) is 0 Å². The molecular formula is C22H24N4OS. The first-order valence-electron chi connectivity index (χ1n) is 9.68. The van der Waals surface area contributed by atoms with Gasteiger partial charge in [0.15, 0.2) is 0 Å². The summed E-state index contributed by atoms with van der Waals surface area (Å²) in [5, 5.41) is 3.06. The maximum Gasteiger partial charge on any atom is 0.227 e. The second kappa shape index (κ2) is 8.63. The van der Waals surface area contributed by atoms with Gasteiger partial charge in [-0.15, -0.1) is 11.3 Å². The fourth-order valence-corrected chi connectivity index (χ4v) is 4.26. The van der Waals surface area contributed by atoms with Crippen LogP contribution in [0.25, 0.3) is 21.8 Å². The summed E-state index contributed by atoms with van der Waals surface area (Å²) in [6.07, 6.45) is 4.03. The van der Waals surface area contributed by atoms with Crippen LogP contribution < -0.4 is 0 Å². The molecule has 0 atom stereocenters. The molecule has 1 fully saturated rings. The smallest absolute Gasteiger partial charge is 0.227 e. The van der Waals surface area contributed by atoms with Gasteiger partial charge in [0.05, 0.1) is 12.1 Å². The summed E-state index contributed by atoms with van der Waals surface area (Å²) >= 11 is 1.63. The van der Waals surface area contributed by atoms with E-state index in [2.05, 4.69) is 34.3 Å². The lowest BCUT2D eigenvalue weighted by Crippen LogP contribution is -2.48. The molecule has 3 aromatic rings. The van der Waals surface area contributed by atoms with Gasteiger partial charge in [0, 0.05) is 55.1 Å². The Hall–Kier alpha value is -2.57. The topological polar surface area (TPSA) is 49.3 Å². The zero-order valence-electron chi connectivity index (χ0n) is 16.0. The molecule has 0 aliphatic carbocycles. The van der Waals surface area contributed by atoms with Crippen molar-refractivity contribution in [3.63, 3.8) is 0 Å². The van der Waals surface area contributed by atoms with Crippen molar-refractivity contribution in [3.8, 4) is 21.8 Å². The average Bonchev–Trinajstić information content (AvgIpc) is 3.25. The number of thiazole rings is 1. The average molecular weight is 393 g/mol. The highest BCUT2D eigenvalue weighted by molar-refractivity contribution is 7.13. The Balaban J connectivity index is 1.39. The van der Waals surface area contributed by atoms with Crippen molar-refractivity contribution in [2.75, 3.05) is 32.7 Å². The molecule has 4 rings (SSSR count). The minimum absolute atomic E-state index is 0.220. The monoisotopic (exact) mass is 392 g/mol. The van der Waals surface area contributed by atoms with Gasteiger partial charge >= 0.3 is 0 Å². The lowest BCUT2D eigenvalue weighted by atomic mass is 10.1. The molecule has 6 heteroatoms.